The number of benzene rings is 4. The Labute approximate surface area is 324 Å². The number of fused-ring (bicyclic) bond motifs is 4. The highest BCUT2D eigenvalue weighted by atomic mass is 32.2. The standard InChI is InChI=1S/C8H9N.2C8H8O.C8H8S.4C4H10/c4*1-2-4-8-7(3-1)5-6-9-8;4*1-4(2)3/h1-4,9H,5-6H2;3*1-4H,5-6H2;4*4H,1-3H3. The van der Waals surface area contributed by atoms with E-state index < -0.39 is 0 Å². The first-order valence-corrected chi connectivity index (χ1v) is 20.7. The number of rotatable bonds is 0. The smallest absolute Gasteiger partial charge is 0.122 e. The number of nitrogens with one attached hydrogen (secondary N) is 1. The molecular formula is C48H73NO2S. The molecule has 8 rings (SSSR count). The summed E-state index contributed by atoms with van der Waals surface area (Å²) < 4.78 is 10.6. The van der Waals surface area contributed by atoms with Gasteiger partial charge in [0.05, 0.1) is 13.2 Å². The van der Waals surface area contributed by atoms with Gasteiger partial charge in [-0.3, -0.25) is 0 Å². The second kappa shape index (κ2) is 28.2. The minimum absolute atomic E-state index is 0.833. The van der Waals surface area contributed by atoms with Gasteiger partial charge >= 0.3 is 0 Å². The number of anilines is 1. The molecule has 288 valence electrons. The highest BCUT2D eigenvalue weighted by molar-refractivity contribution is 7.99. The molecule has 0 fully saturated rings. The van der Waals surface area contributed by atoms with E-state index in [2.05, 4.69) is 149 Å². The Bertz CT molecular complexity index is 1140. The van der Waals surface area contributed by atoms with Gasteiger partial charge < -0.3 is 14.8 Å². The van der Waals surface area contributed by atoms with E-state index in [1.807, 2.05) is 48.2 Å². The average molecular weight is 728 g/mol. The van der Waals surface area contributed by atoms with Gasteiger partial charge in [0.15, 0.2) is 0 Å². The van der Waals surface area contributed by atoms with Crippen LogP contribution in [0.15, 0.2) is 102 Å². The van der Waals surface area contributed by atoms with Crippen LogP contribution in [0.1, 0.15) is 105 Å². The minimum atomic E-state index is 0.833. The lowest BCUT2D eigenvalue weighted by Crippen LogP contribution is -1.90. The van der Waals surface area contributed by atoms with Crippen LogP contribution in [0.2, 0.25) is 0 Å². The summed E-state index contributed by atoms with van der Waals surface area (Å²) in [5.41, 5.74) is 6.99. The lowest BCUT2D eigenvalue weighted by Gasteiger charge is -1.94. The predicted octanol–water partition coefficient (Wildman–Crippen LogP) is 13.9. The molecule has 0 unspecified atom stereocenters. The van der Waals surface area contributed by atoms with Crippen molar-refractivity contribution in [1.82, 2.24) is 0 Å². The molecule has 0 saturated carbocycles. The quantitative estimate of drug-likeness (QED) is 0.195. The van der Waals surface area contributed by atoms with E-state index in [4.69, 9.17) is 9.47 Å². The third-order valence-electron chi connectivity index (χ3n) is 6.53. The molecule has 0 bridgehead atoms. The first kappa shape index (κ1) is 46.7. The molecule has 4 aliphatic heterocycles. The van der Waals surface area contributed by atoms with E-state index in [-0.39, 0.29) is 0 Å². The Morgan fingerprint density at radius 3 is 1.25 bits per heavy atom. The van der Waals surface area contributed by atoms with Crippen LogP contribution in [-0.2, 0) is 25.7 Å². The summed E-state index contributed by atoms with van der Waals surface area (Å²) in [5, 5.41) is 3.30. The Kier molecular flexibility index (Phi) is 25.3. The van der Waals surface area contributed by atoms with E-state index in [0.717, 1.165) is 67.8 Å². The molecule has 0 atom stereocenters. The van der Waals surface area contributed by atoms with Gasteiger partial charge in [0.2, 0.25) is 0 Å². The number of thioether (sulfide) groups is 1. The first-order valence-electron chi connectivity index (χ1n) is 19.7. The van der Waals surface area contributed by atoms with Crippen molar-refractivity contribution in [2.24, 2.45) is 23.7 Å². The number of ether oxygens (including phenoxy) is 2. The maximum absolute atomic E-state index is 5.30. The van der Waals surface area contributed by atoms with Gasteiger partial charge in [-0.25, -0.2) is 0 Å². The van der Waals surface area contributed by atoms with E-state index >= 15 is 0 Å². The van der Waals surface area contributed by atoms with Crippen LogP contribution in [0, 0.1) is 23.7 Å². The van der Waals surface area contributed by atoms with Gasteiger partial charge in [0.25, 0.3) is 0 Å². The summed E-state index contributed by atoms with van der Waals surface area (Å²) in [5.74, 6) is 6.74. The Balaban J connectivity index is 0.000000307. The third kappa shape index (κ3) is 23.2. The third-order valence-corrected chi connectivity index (χ3v) is 7.65. The predicted molar refractivity (Wildman–Crippen MR) is 233 cm³/mol. The normalized spacial score (nSPS) is 13.1. The van der Waals surface area contributed by atoms with Crippen LogP contribution in [-0.4, -0.2) is 25.5 Å². The summed E-state index contributed by atoms with van der Waals surface area (Å²) >= 11 is 1.97. The molecule has 1 N–H and O–H groups in total. The molecule has 0 aliphatic carbocycles. The van der Waals surface area contributed by atoms with Crippen molar-refractivity contribution < 1.29 is 9.47 Å². The Hall–Kier alpha value is -3.37. The first-order chi connectivity index (χ1) is 24.8. The monoisotopic (exact) mass is 728 g/mol. The second-order valence-corrected chi connectivity index (χ2v) is 17.0. The fourth-order valence-electron chi connectivity index (χ4n) is 4.61. The van der Waals surface area contributed by atoms with Gasteiger partial charge in [0.1, 0.15) is 11.5 Å². The number of hydrogen-bond acceptors (Lipinski definition) is 4. The Morgan fingerprint density at radius 1 is 0.442 bits per heavy atom. The van der Waals surface area contributed by atoms with Gasteiger partial charge in [0, 0.05) is 35.7 Å². The van der Waals surface area contributed by atoms with Crippen molar-refractivity contribution in [1.29, 1.82) is 0 Å². The highest BCUT2D eigenvalue weighted by Gasteiger charge is 2.10. The molecule has 0 spiro atoms. The van der Waals surface area contributed by atoms with E-state index in [0.29, 0.717) is 0 Å². The minimum Gasteiger partial charge on any atom is -0.493 e. The van der Waals surface area contributed by atoms with Gasteiger partial charge in [-0.15, -0.1) is 11.8 Å². The number of para-hydroxylation sites is 3. The van der Waals surface area contributed by atoms with E-state index in [9.17, 15) is 0 Å². The molecule has 4 aromatic carbocycles. The fraction of sp³-hybridized carbons (Fsp3) is 0.500. The molecular weight excluding hydrogens is 655 g/mol. The van der Waals surface area contributed by atoms with Gasteiger partial charge in [-0.05, 0) is 83.0 Å². The summed E-state index contributed by atoms with van der Waals surface area (Å²) in [6, 6.07) is 33.5. The zero-order valence-electron chi connectivity index (χ0n) is 34.9. The van der Waals surface area contributed by atoms with Crippen LogP contribution in [0.4, 0.5) is 5.69 Å². The van der Waals surface area contributed by atoms with Crippen LogP contribution in [0.25, 0.3) is 0 Å². The van der Waals surface area contributed by atoms with Crippen molar-refractivity contribution in [3.63, 3.8) is 0 Å². The zero-order valence-corrected chi connectivity index (χ0v) is 35.7. The maximum atomic E-state index is 5.30. The maximum Gasteiger partial charge on any atom is 0.122 e. The van der Waals surface area contributed by atoms with Crippen LogP contribution < -0.4 is 14.8 Å². The van der Waals surface area contributed by atoms with Crippen LogP contribution >= 0.6 is 11.8 Å². The fourth-order valence-corrected chi connectivity index (χ4v) is 5.68. The SMILES string of the molecule is CC(C)C.CC(C)C.CC(C)C.CC(C)C.c1ccc2c(c1)CCN2.c1ccc2c(c1)CCO2.c1ccc2c(c1)CCO2.c1ccc2c(c1)CCS2. The van der Waals surface area contributed by atoms with Crippen LogP contribution in [0.5, 0.6) is 11.5 Å². The molecule has 0 amide bonds. The lowest BCUT2D eigenvalue weighted by molar-refractivity contribution is 0.356. The molecule has 3 nitrogen and oxygen atoms in total. The highest BCUT2D eigenvalue weighted by Crippen LogP contribution is 2.30. The van der Waals surface area contributed by atoms with Gasteiger partial charge in [-0.1, -0.05) is 156 Å². The van der Waals surface area contributed by atoms with Crippen molar-refractivity contribution >= 4 is 17.4 Å². The van der Waals surface area contributed by atoms with E-state index in [1.165, 1.54) is 51.4 Å². The molecule has 4 heteroatoms. The Morgan fingerprint density at radius 2 is 0.827 bits per heavy atom. The van der Waals surface area contributed by atoms with Crippen molar-refractivity contribution in [2.75, 3.05) is 30.8 Å². The average Bonchev–Trinajstić information content (AvgIpc) is 3.91. The molecule has 52 heavy (non-hydrogen) atoms. The summed E-state index contributed by atoms with van der Waals surface area (Å²) in [6.07, 6.45) is 4.61. The van der Waals surface area contributed by atoms with Crippen molar-refractivity contribution in [3.05, 3.63) is 119 Å². The molecule has 0 radical (unpaired) electrons. The molecule has 0 saturated heterocycles. The summed E-state index contributed by atoms with van der Waals surface area (Å²) in [7, 11) is 0. The van der Waals surface area contributed by atoms with E-state index in [1.54, 1.807) is 0 Å². The van der Waals surface area contributed by atoms with Gasteiger partial charge in [-0.2, -0.15) is 0 Å². The summed E-state index contributed by atoms with van der Waals surface area (Å²) in [4.78, 5) is 1.48. The topological polar surface area (TPSA) is 30.5 Å². The largest absolute Gasteiger partial charge is 0.493 e. The van der Waals surface area contributed by atoms with Crippen molar-refractivity contribution in [3.8, 4) is 11.5 Å². The number of hydrogen-bond donors (Lipinski definition) is 1. The zero-order chi connectivity index (χ0) is 38.7. The molecule has 4 aliphatic rings. The molecule has 0 aromatic heterocycles. The summed E-state index contributed by atoms with van der Waals surface area (Å²) in [6.45, 7) is 28.8. The second-order valence-electron chi connectivity index (χ2n) is 15.9. The molecule has 4 heterocycles. The van der Waals surface area contributed by atoms with Crippen molar-refractivity contribution in [2.45, 2.75) is 114 Å². The van der Waals surface area contributed by atoms with Crippen LogP contribution in [0.3, 0.4) is 0 Å². The lowest BCUT2D eigenvalue weighted by atomic mass is 10.2. The molecule has 4 aromatic rings. The number of aryl methyl sites for hydroxylation is 1.